The number of piperazine rings is 1. The number of hydrogen-bond donors (Lipinski definition) is 2. The highest BCUT2D eigenvalue weighted by atomic mass is 16.2. The normalized spacial score (nSPS) is 18.2. The molecule has 2 aliphatic rings. The van der Waals surface area contributed by atoms with Crippen LogP contribution in [0.3, 0.4) is 0 Å². The van der Waals surface area contributed by atoms with Gasteiger partial charge in [0.15, 0.2) is 5.65 Å². The lowest BCUT2D eigenvalue weighted by molar-refractivity contribution is -0.128. The number of benzene rings is 1. The first kappa shape index (κ1) is 25.2. The van der Waals surface area contributed by atoms with Gasteiger partial charge in [-0.2, -0.15) is 4.98 Å². The zero-order chi connectivity index (χ0) is 26.1. The molecule has 1 aliphatic carbocycles. The Kier molecular flexibility index (Phi) is 7.15. The van der Waals surface area contributed by atoms with Crippen molar-refractivity contribution in [2.24, 2.45) is 5.92 Å². The van der Waals surface area contributed by atoms with Crippen molar-refractivity contribution in [3.05, 3.63) is 64.7 Å². The van der Waals surface area contributed by atoms with Crippen molar-refractivity contribution in [1.82, 2.24) is 29.3 Å². The van der Waals surface area contributed by atoms with E-state index in [1.807, 2.05) is 4.90 Å². The van der Waals surface area contributed by atoms with Crippen molar-refractivity contribution in [3.8, 4) is 0 Å². The third kappa shape index (κ3) is 5.46. The summed E-state index contributed by atoms with van der Waals surface area (Å²) in [6, 6.07) is 9.36. The third-order valence-corrected chi connectivity index (χ3v) is 7.47. The molecule has 2 aromatic heterocycles. The lowest BCUT2D eigenvalue weighted by Crippen LogP contribution is -2.49. The molecular weight excluding hydrogens is 466 g/mol. The van der Waals surface area contributed by atoms with E-state index in [2.05, 4.69) is 76.8 Å². The monoisotopic (exact) mass is 503 g/mol. The van der Waals surface area contributed by atoms with Gasteiger partial charge in [0.2, 0.25) is 11.9 Å². The minimum absolute atomic E-state index is 0.00329. The lowest BCUT2D eigenvalue weighted by Gasteiger charge is -2.40. The van der Waals surface area contributed by atoms with Crippen LogP contribution in [0.15, 0.2) is 47.9 Å². The molecule has 9 nitrogen and oxygen atoms in total. The fourth-order valence-electron chi connectivity index (χ4n) is 5.27. The number of carbonyl (C=O) groups excluding carboxylic acids is 1. The molecule has 37 heavy (non-hydrogen) atoms. The highest BCUT2D eigenvalue weighted by molar-refractivity contribution is 5.87. The number of aromatic amines is 1. The second-order valence-electron chi connectivity index (χ2n) is 10.7. The molecular formula is C28H37N7O2. The van der Waals surface area contributed by atoms with E-state index in [9.17, 15) is 9.59 Å². The Balaban J connectivity index is 1.29. The molecule has 0 bridgehead atoms. The topological polar surface area (TPSA) is 99.2 Å². The fraction of sp³-hybridized carbons (Fsp3) is 0.500. The van der Waals surface area contributed by atoms with E-state index in [0.29, 0.717) is 29.1 Å². The highest BCUT2D eigenvalue weighted by Crippen LogP contribution is 2.35. The molecule has 2 N–H and O–H groups in total. The Labute approximate surface area is 217 Å². The minimum Gasteiger partial charge on any atom is -0.348 e. The van der Waals surface area contributed by atoms with Gasteiger partial charge in [0.05, 0.1) is 12.2 Å². The number of aromatic nitrogens is 4. The third-order valence-electron chi connectivity index (χ3n) is 7.47. The predicted octanol–water partition coefficient (Wildman–Crippen LogP) is 4.05. The molecule has 196 valence electrons. The Morgan fingerprint density at radius 2 is 1.81 bits per heavy atom. The largest absolute Gasteiger partial charge is 0.348 e. The van der Waals surface area contributed by atoms with Crippen LogP contribution in [0.4, 0.5) is 5.95 Å². The van der Waals surface area contributed by atoms with Crippen LogP contribution < -0.4 is 11.0 Å². The van der Waals surface area contributed by atoms with Gasteiger partial charge in [0.1, 0.15) is 5.52 Å². The molecule has 0 spiro atoms. The predicted molar refractivity (Wildman–Crippen MR) is 145 cm³/mol. The number of rotatable bonds is 9. The first-order valence-electron chi connectivity index (χ1n) is 13.3. The Morgan fingerprint density at radius 3 is 2.43 bits per heavy atom. The second-order valence-corrected chi connectivity index (χ2v) is 10.7. The summed E-state index contributed by atoms with van der Waals surface area (Å²) in [5.74, 6) is 1.09. The van der Waals surface area contributed by atoms with Gasteiger partial charge in [-0.1, -0.05) is 44.7 Å². The molecule has 9 heteroatoms. The standard InChI is InChI=1S/C28H37N7O2/c1-5-25(36)34-14-12-33(13-15-34)24(16-18(2)3)21-8-6-20(7-9-21)19(4)30-27-29-17-23-26(32-27)35(22-10-11-22)28(37)31-23/h5-9,17-19,22,24H,1,10-16H2,2-4H3,(H,31,37)(H,29,30,32)/t19-,24?/m0/s1. The lowest BCUT2D eigenvalue weighted by atomic mass is 9.93. The average molecular weight is 504 g/mol. The molecule has 2 fully saturated rings. The van der Waals surface area contributed by atoms with E-state index in [1.165, 1.54) is 11.6 Å². The van der Waals surface area contributed by atoms with E-state index < -0.39 is 0 Å². The summed E-state index contributed by atoms with van der Waals surface area (Å²) in [6.45, 7) is 13.4. The summed E-state index contributed by atoms with van der Waals surface area (Å²) in [5.41, 5.74) is 3.67. The first-order valence-corrected chi connectivity index (χ1v) is 13.3. The summed E-state index contributed by atoms with van der Waals surface area (Å²) in [7, 11) is 0. The van der Waals surface area contributed by atoms with Gasteiger partial charge in [-0.3, -0.25) is 14.3 Å². The highest BCUT2D eigenvalue weighted by Gasteiger charge is 2.29. The Morgan fingerprint density at radius 1 is 1.14 bits per heavy atom. The summed E-state index contributed by atoms with van der Waals surface area (Å²) in [6.07, 6.45) is 6.18. The Bertz CT molecular complexity index is 1310. The van der Waals surface area contributed by atoms with Gasteiger partial charge < -0.3 is 15.2 Å². The van der Waals surface area contributed by atoms with Gasteiger partial charge in [-0.05, 0) is 49.3 Å². The van der Waals surface area contributed by atoms with Gasteiger partial charge in [0, 0.05) is 38.3 Å². The molecule has 1 aliphatic heterocycles. The van der Waals surface area contributed by atoms with Gasteiger partial charge in [0.25, 0.3) is 0 Å². The van der Waals surface area contributed by atoms with Crippen molar-refractivity contribution in [2.75, 3.05) is 31.5 Å². The number of nitrogens with zero attached hydrogens (tertiary/aromatic N) is 5. The number of amides is 1. The van der Waals surface area contributed by atoms with Crippen molar-refractivity contribution < 1.29 is 4.79 Å². The Hall–Kier alpha value is -3.46. The van der Waals surface area contributed by atoms with Crippen molar-refractivity contribution >= 4 is 23.0 Å². The molecule has 1 saturated carbocycles. The van der Waals surface area contributed by atoms with Crippen molar-refractivity contribution in [1.29, 1.82) is 0 Å². The smallest absolute Gasteiger partial charge is 0.327 e. The molecule has 1 amide bonds. The van der Waals surface area contributed by atoms with Crippen molar-refractivity contribution in [3.63, 3.8) is 0 Å². The van der Waals surface area contributed by atoms with Crippen LogP contribution in [0.5, 0.6) is 0 Å². The molecule has 5 rings (SSSR count). The van der Waals surface area contributed by atoms with Gasteiger partial charge in [-0.25, -0.2) is 9.78 Å². The summed E-state index contributed by atoms with van der Waals surface area (Å²) in [5, 5.41) is 3.40. The minimum atomic E-state index is -0.114. The fourth-order valence-corrected chi connectivity index (χ4v) is 5.27. The van der Waals surface area contributed by atoms with Gasteiger partial charge in [-0.15, -0.1) is 0 Å². The molecule has 3 heterocycles. The maximum Gasteiger partial charge on any atom is 0.327 e. The van der Waals surface area contributed by atoms with Crippen molar-refractivity contribution in [2.45, 2.75) is 58.2 Å². The maximum atomic E-state index is 12.3. The first-order chi connectivity index (χ1) is 17.8. The summed E-state index contributed by atoms with van der Waals surface area (Å²) >= 11 is 0. The van der Waals surface area contributed by atoms with E-state index >= 15 is 0 Å². The number of anilines is 1. The average Bonchev–Trinajstić information content (AvgIpc) is 3.68. The second kappa shape index (κ2) is 10.5. The summed E-state index contributed by atoms with van der Waals surface area (Å²) in [4.78, 5) is 40.6. The number of imidazole rings is 1. The zero-order valence-electron chi connectivity index (χ0n) is 22.0. The molecule has 2 atom stereocenters. The molecule has 1 unspecified atom stereocenters. The van der Waals surface area contributed by atoms with E-state index in [-0.39, 0.29) is 23.7 Å². The molecule has 3 aromatic rings. The van der Waals surface area contributed by atoms with E-state index in [1.54, 1.807) is 10.8 Å². The quantitative estimate of drug-likeness (QED) is 0.428. The van der Waals surface area contributed by atoms with Crippen LogP contribution >= 0.6 is 0 Å². The SMILES string of the molecule is C=CC(=O)N1CCN(C(CC(C)C)c2ccc([C@H](C)Nc3ncc4[nH]c(=O)n(C5CC5)c4n3)cc2)CC1. The number of H-pyrrole nitrogens is 1. The van der Waals surface area contributed by atoms with Gasteiger partial charge >= 0.3 is 5.69 Å². The number of nitrogens with one attached hydrogen (secondary N) is 2. The van der Waals surface area contributed by atoms with Crippen LogP contribution in [-0.4, -0.2) is 61.4 Å². The van der Waals surface area contributed by atoms with E-state index in [0.717, 1.165) is 51.0 Å². The van der Waals surface area contributed by atoms with Crippen LogP contribution in [-0.2, 0) is 4.79 Å². The zero-order valence-corrected chi connectivity index (χ0v) is 22.0. The van der Waals surface area contributed by atoms with Crippen LogP contribution in [0.25, 0.3) is 11.2 Å². The molecule has 1 aromatic carbocycles. The maximum absolute atomic E-state index is 12.3. The van der Waals surface area contributed by atoms with Crippen LogP contribution in [0.1, 0.15) is 69.3 Å². The number of hydrogen-bond acceptors (Lipinski definition) is 6. The van der Waals surface area contributed by atoms with Crippen LogP contribution in [0.2, 0.25) is 0 Å². The molecule has 0 radical (unpaired) electrons. The number of carbonyl (C=O) groups is 1. The van der Waals surface area contributed by atoms with Crippen LogP contribution in [0, 0.1) is 5.92 Å². The number of fused-ring (bicyclic) bond motifs is 1. The summed E-state index contributed by atoms with van der Waals surface area (Å²) < 4.78 is 1.75. The van der Waals surface area contributed by atoms with E-state index in [4.69, 9.17) is 0 Å². The molecule has 1 saturated heterocycles.